The fourth-order valence-electron chi connectivity index (χ4n) is 5.57. The Morgan fingerprint density at radius 1 is 0.900 bits per heavy atom. The molecule has 0 spiro atoms. The lowest BCUT2D eigenvalue weighted by atomic mass is 9.92. The number of benzene rings is 3. The topological polar surface area (TPSA) is 53.1 Å². The van der Waals surface area contributed by atoms with Crippen LogP contribution in [-0.4, -0.2) is 71.4 Å². The van der Waals surface area contributed by atoms with E-state index in [0.717, 1.165) is 30.8 Å². The van der Waals surface area contributed by atoms with Crippen molar-refractivity contribution >= 4 is 11.9 Å². The van der Waals surface area contributed by atoms with Gasteiger partial charge in [-0.2, -0.15) is 0 Å². The van der Waals surface area contributed by atoms with Crippen molar-refractivity contribution in [3.63, 3.8) is 0 Å². The molecule has 1 aliphatic rings. The SMILES string of the molecule is C=CCN1CC(C)N(C(c2ccc(C(=O)N(CC)CC)cc2)c2cccc(OC(=O)c3ccccc3)c2)CC1C. The van der Waals surface area contributed by atoms with Gasteiger partial charge in [-0.05, 0) is 75.2 Å². The van der Waals surface area contributed by atoms with E-state index < -0.39 is 0 Å². The molecule has 1 amide bonds. The van der Waals surface area contributed by atoms with Gasteiger partial charge in [-0.3, -0.25) is 14.6 Å². The van der Waals surface area contributed by atoms with Crippen LogP contribution in [0.15, 0.2) is 91.5 Å². The van der Waals surface area contributed by atoms with Crippen LogP contribution in [-0.2, 0) is 0 Å². The number of hydrogen-bond acceptors (Lipinski definition) is 5. The van der Waals surface area contributed by atoms with Gasteiger partial charge in [0.25, 0.3) is 5.91 Å². The molecule has 0 saturated carbocycles. The summed E-state index contributed by atoms with van der Waals surface area (Å²) in [4.78, 5) is 32.6. The maximum Gasteiger partial charge on any atom is 0.343 e. The van der Waals surface area contributed by atoms with E-state index in [1.807, 2.05) is 73.4 Å². The maximum atomic E-state index is 13.0. The molecule has 3 aromatic rings. The second kappa shape index (κ2) is 13.6. The van der Waals surface area contributed by atoms with Crippen molar-refractivity contribution in [1.29, 1.82) is 0 Å². The Bertz CT molecular complexity index is 1290. The van der Waals surface area contributed by atoms with E-state index in [1.54, 1.807) is 12.1 Å². The van der Waals surface area contributed by atoms with Crippen LogP contribution < -0.4 is 4.74 Å². The van der Waals surface area contributed by atoms with Gasteiger partial charge in [0.05, 0.1) is 11.6 Å². The van der Waals surface area contributed by atoms with Crippen LogP contribution in [0, 0.1) is 0 Å². The van der Waals surface area contributed by atoms with Crippen LogP contribution in [0.4, 0.5) is 0 Å². The van der Waals surface area contributed by atoms with Crippen molar-refractivity contribution in [1.82, 2.24) is 14.7 Å². The summed E-state index contributed by atoms with van der Waals surface area (Å²) in [5.74, 6) is 0.173. The number of rotatable bonds is 10. The van der Waals surface area contributed by atoms with Gasteiger partial charge in [0.15, 0.2) is 0 Å². The Morgan fingerprint density at radius 3 is 2.25 bits per heavy atom. The number of carbonyl (C=O) groups is 2. The molecule has 210 valence electrons. The van der Waals surface area contributed by atoms with Gasteiger partial charge in [-0.15, -0.1) is 6.58 Å². The van der Waals surface area contributed by atoms with Crippen LogP contribution >= 0.6 is 0 Å². The van der Waals surface area contributed by atoms with Crippen molar-refractivity contribution in [2.24, 2.45) is 0 Å². The molecule has 1 saturated heterocycles. The summed E-state index contributed by atoms with van der Waals surface area (Å²) >= 11 is 0. The average Bonchev–Trinajstić information content (AvgIpc) is 2.97. The number of piperazine rings is 1. The highest BCUT2D eigenvalue weighted by Crippen LogP contribution is 2.35. The minimum absolute atomic E-state index is 0.0444. The molecule has 1 aliphatic heterocycles. The van der Waals surface area contributed by atoms with E-state index >= 15 is 0 Å². The summed E-state index contributed by atoms with van der Waals surface area (Å²) in [6.07, 6.45) is 1.96. The lowest BCUT2D eigenvalue weighted by molar-refractivity contribution is 0.0306. The van der Waals surface area contributed by atoms with Gasteiger partial charge < -0.3 is 9.64 Å². The second-order valence-electron chi connectivity index (χ2n) is 10.5. The van der Waals surface area contributed by atoms with Crippen molar-refractivity contribution in [2.75, 3.05) is 32.7 Å². The summed E-state index contributed by atoms with van der Waals surface area (Å²) in [6, 6.07) is 25.4. The summed E-state index contributed by atoms with van der Waals surface area (Å²) in [5.41, 5.74) is 3.34. The van der Waals surface area contributed by atoms with E-state index in [1.165, 1.54) is 0 Å². The Labute approximate surface area is 238 Å². The molecule has 3 aromatic carbocycles. The highest BCUT2D eigenvalue weighted by Gasteiger charge is 2.34. The zero-order valence-electron chi connectivity index (χ0n) is 24.1. The Morgan fingerprint density at radius 2 is 1.60 bits per heavy atom. The van der Waals surface area contributed by atoms with Crippen LogP contribution in [0.25, 0.3) is 0 Å². The molecule has 6 heteroatoms. The molecule has 0 N–H and O–H groups in total. The summed E-state index contributed by atoms with van der Waals surface area (Å²) in [7, 11) is 0. The minimum atomic E-state index is -0.381. The molecule has 4 rings (SSSR count). The molecule has 0 radical (unpaired) electrons. The smallest absolute Gasteiger partial charge is 0.343 e. The zero-order chi connectivity index (χ0) is 28.6. The molecule has 1 heterocycles. The first-order valence-electron chi connectivity index (χ1n) is 14.2. The van der Waals surface area contributed by atoms with Crippen molar-refractivity contribution in [3.8, 4) is 5.75 Å². The van der Waals surface area contributed by atoms with E-state index in [-0.39, 0.29) is 24.0 Å². The lowest BCUT2D eigenvalue weighted by Gasteiger charge is -2.47. The van der Waals surface area contributed by atoms with E-state index in [0.29, 0.717) is 36.0 Å². The molecule has 0 aliphatic carbocycles. The first-order chi connectivity index (χ1) is 19.4. The zero-order valence-corrected chi connectivity index (χ0v) is 24.1. The Balaban J connectivity index is 1.68. The summed E-state index contributed by atoms with van der Waals surface area (Å²) < 4.78 is 5.79. The van der Waals surface area contributed by atoms with Crippen molar-refractivity contribution in [2.45, 2.75) is 45.8 Å². The monoisotopic (exact) mass is 539 g/mol. The van der Waals surface area contributed by atoms with Crippen LogP contribution in [0.5, 0.6) is 5.75 Å². The third kappa shape index (κ3) is 6.69. The molecule has 6 nitrogen and oxygen atoms in total. The number of ether oxygens (including phenoxy) is 1. The number of hydrogen-bond donors (Lipinski definition) is 0. The van der Waals surface area contributed by atoms with Gasteiger partial charge in [0, 0.05) is 50.4 Å². The molecular formula is C34H41N3O3. The number of carbonyl (C=O) groups excluding carboxylic acids is 2. The fraction of sp³-hybridized carbons (Fsp3) is 0.353. The van der Waals surface area contributed by atoms with E-state index in [9.17, 15) is 9.59 Å². The highest BCUT2D eigenvalue weighted by molar-refractivity contribution is 5.94. The second-order valence-corrected chi connectivity index (χ2v) is 10.5. The van der Waals surface area contributed by atoms with Gasteiger partial charge in [0.1, 0.15) is 5.75 Å². The van der Waals surface area contributed by atoms with Gasteiger partial charge in [-0.1, -0.05) is 48.5 Å². The standard InChI is InChI=1S/C34H41N3O3/c1-6-21-36-23-26(5)37(24-25(36)4)32(27-17-19-28(20-18-27)33(38)35(7-2)8-3)30-15-12-16-31(22-30)40-34(39)29-13-10-9-11-14-29/h6,9-20,22,25-26,32H,1,7-8,21,23-24H2,2-5H3. The van der Waals surface area contributed by atoms with Crippen LogP contribution in [0.1, 0.15) is 65.6 Å². The molecular weight excluding hydrogens is 498 g/mol. The molecule has 0 aromatic heterocycles. The Kier molecular flexibility index (Phi) is 9.91. The third-order valence-electron chi connectivity index (χ3n) is 7.78. The average molecular weight is 540 g/mol. The van der Waals surface area contributed by atoms with Gasteiger partial charge >= 0.3 is 5.97 Å². The number of esters is 1. The summed E-state index contributed by atoms with van der Waals surface area (Å²) in [6.45, 7) is 16.5. The normalized spacial score (nSPS) is 18.6. The molecule has 1 fully saturated rings. The predicted octanol–water partition coefficient (Wildman–Crippen LogP) is 6.06. The van der Waals surface area contributed by atoms with Crippen LogP contribution in [0.2, 0.25) is 0 Å². The van der Waals surface area contributed by atoms with Gasteiger partial charge in [0.2, 0.25) is 0 Å². The lowest BCUT2D eigenvalue weighted by Crippen LogP contribution is -2.57. The molecule has 0 bridgehead atoms. The third-order valence-corrected chi connectivity index (χ3v) is 7.78. The fourth-order valence-corrected chi connectivity index (χ4v) is 5.57. The molecule has 3 atom stereocenters. The van der Waals surface area contributed by atoms with E-state index in [2.05, 4.69) is 48.4 Å². The molecule has 40 heavy (non-hydrogen) atoms. The predicted molar refractivity (Wildman–Crippen MR) is 161 cm³/mol. The summed E-state index contributed by atoms with van der Waals surface area (Å²) in [5, 5.41) is 0. The van der Waals surface area contributed by atoms with Crippen molar-refractivity contribution in [3.05, 3.63) is 114 Å². The van der Waals surface area contributed by atoms with Crippen LogP contribution in [0.3, 0.4) is 0 Å². The maximum absolute atomic E-state index is 13.0. The number of nitrogens with zero attached hydrogens (tertiary/aromatic N) is 3. The highest BCUT2D eigenvalue weighted by atomic mass is 16.5. The quantitative estimate of drug-likeness (QED) is 0.178. The first kappa shape index (κ1) is 29.2. The molecule has 3 unspecified atom stereocenters. The van der Waals surface area contributed by atoms with E-state index in [4.69, 9.17) is 4.74 Å². The largest absolute Gasteiger partial charge is 0.423 e. The van der Waals surface area contributed by atoms with Gasteiger partial charge in [-0.25, -0.2) is 4.79 Å². The Hall–Kier alpha value is -3.74. The van der Waals surface area contributed by atoms with Crippen molar-refractivity contribution < 1.29 is 14.3 Å². The number of amides is 1. The first-order valence-corrected chi connectivity index (χ1v) is 14.2. The minimum Gasteiger partial charge on any atom is -0.423 e.